The number of benzene rings is 2. The molecule has 180 valence electrons. The lowest BCUT2D eigenvalue weighted by atomic mass is 10.1. The molecule has 0 radical (unpaired) electrons. The lowest BCUT2D eigenvalue weighted by Crippen LogP contribution is -2.53. The van der Waals surface area contributed by atoms with Crippen LogP contribution in [0.3, 0.4) is 0 Å². The van der Waals surface area contributed by atoms with Crippen molar-refractivity contribution in [1.29, 1.82) is 0 Å². The van der Waals surface area contributed by atoms with Crippen LogP contribution >= 0.6 is 22.9 Å². The summed E-state index contributed by atoms with van der Waals surface area (Å²) in [4.78, 5) is 32.9. The van der Waals surface area contributed by atoms with Crippen molar-refractivity contribution in [3.05, 3.63) is 64.6 Å². The molecule has 1 fully saturated rings. The lowest BCUT2D eigenvalue weighted by molar-refractivity contribution is -0.421. The standard InChI is InChI=1S/C23H21ClN5O4S2/c24-19-3-1-2-16-8-10-28(22(16)19)14-20(30)27-11-12-29(21(31)15-27)17-4-6-18(7-5-17)35(32,33)26-23-25-9-13-34-23/h1-7,9-10,13H,8,11-12,14-15H2,(H,25,26)/q+1. The van der Waals surface area contributed by atoms with Crippen LogP contribution in [0, 0.1) is 0 Å². The third-order valence-corrected chi connectivity index (χ3v) is 8.36. The van der Waals surface area contributed by atoms with Gasteiger partial charge in [0.25, 0.3) is 15.9 Å². The molecule has 0 spiro atoms. The van der Waals surface area contributed by atoms with E-state index in [0.717, 1.165) is 11.3 Å². The summed E-state index contributed by atoms with van der Waals surface area (Å²) >= 11 is 7.51. The van der Waals surface area contributed by atoms with Crippen molar-refractivity contribution in [2.24, 2.45) is 0 Å². The van der Waals surface area contributed by atoms with Crippen LogP contribution in [0.4, 0.5) is 16.5 Å². The Hall–Kier alpha value is -3.28. The first-order valence-electron chi connectivity index (χ1n) is 10.8. The van der Waals surface area contributed by atoms with Gasteiger partial charge in [-0.05, 0) is 30.3 Å². The average molecular weight is 531 g/mol. The Balaban J connectivity index is 1.22. The van der Waals surface area contributed by atoms with Crippen LogP contribution < -0.4 is 9.62 Å². The number of anilines is 2. The Morgan fingerprint density at radius 2 is 1.97 bits per heavy atom. The van der Waals surface area contributed by atoms with Gasteiger partial charge >= 0.3 is 0 Å². The van der Waals surface area contributed by atoms with Gasteiger partial charge < -0.3 is 9.80 Å². The molecule has 3 heterocycles. The van der Waals surface area contributed by atoms with E-state index in [2.05, 4.69) is 9.71 Å². The smallest absolute Gasteiger partial charge is 0.289 e. The van der Waals surface area contributed by atoms with E-state index >= 15 is 0 Å². The zero-order chi connectivity index (χ0) is 24.6. The third-order valence-electron chi connectivity index (χ3n) is 5.88. The number of aromatic nitrogens is 1. The molecular formula is C23H21ClN5O4S2+. The molecule has 1 saturated heterocycles. The summed E-state index contributed by atoms with van der Waals surface area (Å²) < 4.78 is 29.3. The van der Waals surface area contributed by atoms with Gasteiger partial charge in [0.05, 0.1) is 11.3 Å². The van der Waals surface area contributed by atoms with Gasteiger partial charge in [0.2, 0.25) is 18.1 Å². The normalized spacial score (nSPS) is 15.7. The second-order valence-electron chi connectivity index (χ2n) is 8.06. The number of halogens is 1. The van der Waals surface area contributed by atoms with Gasteiger partial charge in [0.15, 0.2) is 11.3 Å². The Bertz CT molecular complexity index is 1420. The largest absolute Gasteiger partial charge is 0.326 e. The highest BCUT2D eigenvalue weighted by atomic mass is 35.5. The van der Waals surface area contributed by atoms with Gasteiger partial charge in [-0.2, -0.15) is 4.58 Å². The van der Waals surface area contributed by atoms with Crippen LogP contribution in [0.2, 0.25) is 5.02 Å². The minimum Gasteiger partial charge on any atom is -0.326 e. The Morgan fingerprint density at radius 3 is 2.69 bits per heavy atom. The molecule has 35 heavy (non-hydrogen) atoms. The number of nitrogens with zero attached hydrogens (tertiary/aromatic N) is 4. The molecule has 0 bridgehead atoms. The number of amides is 2. The molecule has 0 atom stereocenters. The second kappa shape index (κ2) is 9.40. The first-order chi connectivity index (χ1) is 16.8. The first kappa shape index (κ1) is 23.5. The van der Waals surface area contributed by atoms with E-state index in [9.17, 15) is 18.0 Å². The minimum absolute atomic E-state index is 0.0479. The predicted molar refractivity (Wildman–Crippen MR) is 134 cm³/mol. The van der Waals surface area contributed by atoms with E-state index in [-0.39, 0.29) is 34.9 Å². The number of nitrogens with one attached hydrogen (secondary N) is 1. The van der Waals surface area contributed by atoms with Gasteiger partial charge in [-0.15, -0.1) is 11.3 Å². The molecule has 2 amide bonds. The van der Waals surface area contributed by atoms with Gasteiger partial charge in [0, 0.05) is 35.9 Å². The summed E-state index contributed by atoms with van der Waals surface area (Å²) in [5.41, 5.74) is 2.48. The van der Waals surface area contributed by atoms with Gasteiger partial charge in [-0.25, -0.2) is 13.4 Å². The van der Waals surface area contributed by atoms with Gasteiger partial charge in [0.1, 0.15) is 11.6 Å². The molecule has 2 aliphatic heterocycles. The summed E-state index contributed by atoms with van der Waals surface area (Å²) in [6.45, 7) is 0.755. The minimum atomic E-state index is -3.78. The molecular weight excluding hydrogens is 510 g/mol. The highest BCUT2D eigenvalue weighted by Crippen LogP contribution is 2.32. The molecule has 1 N–H and O–H groups in total. The number of sulfonamides is 1. The number of rotatable bonds is 6. The highest BCUT2D eigenvalue weighted by Gasteiger charge is 2.33. The number of hydrogen-bond donors (Lipinski definition) is 1. The summed E-state index contributed by atoms with van der Waals surface area (Å²) in [6, 6.07) is 11.7. The summed E-state index contributed by atoms with van der Waals surface area (Å²) in [5, 5.41) is 2.55. The first-order valence-corrected chi connectivity index (χ1v) is 13.5. The van der Waals surface area contributed by atoms with Crippen molar-refractivity contribution in [2.75, 3.05) is 35.8 Å². The molecule has 2 aromatic carbocycles. The summed E-state index contributed by atoms with van der Waals surface area (Å²) in [6.07, 6.45) is 4.16. The van der Waals surface area contributed by atoms with Crippen molar-refractivity contribution < 1.29 is 22.6 Å². The van der Waals surface area contributed by atoms with Crippen LogP contribution in [-0.4, -0.2) is 67.1 Å². The maximum absolute atomic E-state index is 12.9. The molecule has 9 nitrogen and oxygen atoms in total. The molecule has 5 rings (SSSR count). The van der Waals surface area contributed by atoms with Gasteiger partial charge in [-0.3, -0.25) is 14.3 Å². The highest BCUT2D eigenvalue weighted by molar-refractivity contribution is 7.93. The van der Waals surface area contributed by atoms with Crippen LogP contribution in [0.1, 0.15) is 5.56 Å². The quantitative estimate of drug-likeness (QED) is 0.494. The fourth-order valence-corrected chi connectivity index (χ4v) is 6.24. The second-order valence-corrected chi connectivity index (χ2v) is 11.0. The van der Waals surface area contributed by atoms with Crippen molar-refractivity contribution in [3.8, 4) is 0 Å². The molecule has 0 aliphatic carbocycles. The summed E-state index contributed by atoms with van der Waals surface area (Å²) in [7, 11) is -3.78. The molecule has 0 saturated carbocycles. The van der Waals surface area contributed by atoms with Crippen molar-refractivity contribution in [1.82, 2.24) is 9.88 Å². The van der Waals surface area contributed by atoms with E-state index in [1.165, 1.54) is 34.6 Å². The Morgan fingerprint density at radius 1 is 1.17 bits per heavy atom. The van der Waals surface area contributed by atoms with Crippen molar-refractivity contribution >= 4 is 67.5 Å². The molecule has 12 heteroatoms. The van der Waals surface area contributed by atoms with Crippen LogP contribution in [-0.2, 0) is 26.0 Å². The predicted octanol–water partition coefficient (Wildman–Crippen LogP) is 2.74. The Kier molecular flexibility index (Phi) is 6.30. The topological polar surface area (TPSA) is 103 Å². The third kappa shape index (κ3) is 4.79. The zero-order valence-electron chi connectivity index (χ0n) is 18.4. The van der Waals surface area contributed by atoms with Crippen LogP contribution in [0.25, 0.3) is 0 Å². The van der Waals surface area contributed by atoms with E-state index in [1.807, 2.05) is 22.9 Å². The number of piperazine rings is 1. The molecule has 1 aromatic heterocycles. The average Bonchev–Trinajstić information content (AvgIpc) is 3.49. The summed E-state index contributed by atoms with van der Waals surface area (Å²) in [5.74, 6) is -0.387. The number of para-hydroxylation sites is 1. The number of fused-ring (bicyclic) bond motifs is 1. The number of hydrogen-bond acceptors (Lipinski definition) is 6. The fraction of sp³-hybridized carbons (Fsp3) is 0.217. The maximum atomic E-state index is 12.9. The SMILES string of the molecule is O=C(C[N+]1=CCc2cccc(Cl)c21)N1CCN(c2ccc(S(=O)(=O)Nc3nccs3)cc2)C(=O)C1. The van der Waals surface area contributed by atoms with E-state index in [1.54, 1.807) is 28.5 Å². The van der Waals surface area contributed by atoms with Crippen LogP contribution in [0.5, 0.6) is 0 Å². The fourth-order valence-electron chi connectivity index (χ4n) is 4.15. The van der Waals surface area contributed by atoms with Crippen molar-refractivity contribution in [3.63, 3.8) is 0 Å². The number of carbonyl (C=O) groups is 2. The van der Waals surface area contributed by atoms with Crippen LogP contribution in [0.15, 0.2) is 58.9 Å². The molecule has 0 unspecified atom stereocenters. The molecule has 3 aromatic rings. The number of thiazole rings is 1. The monoisotopic (exact) mass is 530 g/mol. The lowest BCUT2D eigenvalue weighted by Gasteiger charge is -2.34. The van der Waals surface area contributed by atoms with E-state index < -0.39 is 10.0 Å². The van der Waals surface area contributed by atoms with Gasteiger partial charge in [-0.1, -0.05) is 23.7 Å². The zero-order valence-corrected chi connectivity index (χ0v) is 20.8. The van der Waals surface area contributed by atoms with E-state index in [4.69, 9.17) is 11.6 Å². The maximum Gasteiger partial charge on any atom is 0.289 e. The van der Waals surface area contributed by atoms with E-state index in [0.29, 0.717) is 30.2 Å². The Labute approximate surface area is 211 Å². The molecule has 2 aliphatic rings. The van der Waals surface area contributed by atoms with Crippen molar-refractivity contribution in [2.45, 2.75) is 11.3 Å². The number of carbonyl (C=O) groups excluding carboxylic acids is 2.